The van der Waals surface area contributed by atoms with Gasteiger partial charge in [-0.3, -0.25) is 15.0 Å². The van der Waals surface area contributed by atoms with Crippen molar-refractivity contribution in [2.24, 2.45) is 5.73 Å². The van der Waals surface area contributed by atoms with Crippen LogP contribution in [0.5, 0.6) is 0 Å². The van der Waals surface area contributed by atoms with E-state index in [1.807, 2.05) is 0 Å². The number of carbonyl (C=O) groups excluding carboxylic acids is 2. The fourth-order valence-corrected chi connectivity index (χ4v) is 2.75. The van der Waals surface area contributed by atoms with E-state index >= 15 is 0 Å². The number of nitrogens with two attached hydrogens (primary N) is 1. The number of rotatable bonds is 7. The summed E-state index contributed by atoms with van der Waals surface area (Å²) in [6.45, 7) is 0.0442. The summed E-state index contributed by atoms with van der Waals surface area (Å²) in [6, 6.07) is 7.22. The maximum atomic E-state index is 11.8. The minimum atomic E-state index is -0.262. The first kappa shape index (κ1) is 17.8. The van der Waals surface area contributed by atoms with Crippen molar-refractivity contribution in [3.05, 3.63) is 29.8 Å². The molecular weight excluding hydrogens is 306 g/mol. The fraction of sp³-hybridized carbons (Fsp3) is 0.471. The van der Waals surface area contributed by atoms with Gasteiger partial charge in [-0.2, -0.15) is 0 Å². The Morgan fingerprint density at radius 1 is 1.12 bits per heavy atom. The zero-order valence-electron chi connectivity index (χ0n) is 13.7. The van der Waals surface area contributed by atoms with Crippen LogP contribution in [-0.2, 0) is 9.59 Å². The zero-order valence-corrected chi connectivity index (χ0v) is 13.7. The molecular formula is C17H25N5O2. The summed E-state index contributed by atoms with van der Waals surface area (Å²) in [4.78, 5) is 23.6. The van der Waals surface area contributed by atoms with E-state index in [1.54, 1.807) is 24.3 Å². The van der Waals surface area contributed by atoms with Crippen molar-refractivity contribution in [2.75, 3.05) is 18.4 Å². The van der Waals surface area contributed by atoms with Gasteiger partial charge in [-0.05, 0) is 25.0 Å². The number of amides is 2. The van der Waals surface area contributed by atoms with Gasteiger partial charge in [-0.15, -0.1) is 0 Å². The fourth-order valence-electron chi connectivity index (χ4n) is 2.75. The highest BCUT2D eigenvalue weighted by atomic mass is 16.2. The van der Waals surface area contributed by atoms with E-state index in [4.69, 9.17) is 11.1 Å². The molecule has 0 heterocycles. The maximum Gasteiger partial charge on any atom is 0.239 e. The van der Waals surface area contributed by atoms with Crippen LogP contribution in [0.15, 0.2) is 24.3 Å². The Morgan fingerprint density at radius 2 is 1.88 bits per heavy atom. The molecule has 0 atom stereocenters. The van der Waals surface area contributed by atoms with Gasteiger partial charge in [0.05, 0.1) is 13.1 Å². The van der Waals surface area contributed by atoms with Gasteiger partial charge in [0.25, 0.3) is 0 Å². The molecule has 1 aromatic carbocycles. The molecule has 1 aliphatic rings. The first-order chi connectivity index (χ1) is 11.5. The second-order valence-corrected chi connectivity index (χ2v) is 6.03. The Morgan fingerprint density at radius 3 is 2.58 bits per heavy atom. The van der Waals surface area contributed by atoms with Crippen molar-refractivity contribution in [1.82, 2.24) is 10.6 Å². The number of amidine groups is 1. The van der Waals surface area contributed by atoms with Crippen LogP contribution in [0.25, 0.3) is 0 Å². The van der Waals surface area contributed by atoms with Gasteiger partial charge in [0, 0.05) is 17.3 Å². The summed E-state index contributed by atoms with van der Waals surface area (Å²) in [7, 11) is 0. The third-order valence-corrected chi connectivity index (χ3v) is 4.04. The molecule has 0 unspecified atom stereocenters. The standard InChI is InChI=1S/C17H25N5O2/c18-17(19)12-5-4-8-14(9-12)20-10-15(23)21-11-16(24)22-13-6-2-1-3-7-13/h4-5,8-9,13,20H,1-3,6-7,10-11H2,(H3,18,19)(H,21,23)(H,22,24). The third-order valence-electron chi connectivity index (χ3n) is 4.04. The number of nitrogen functional groups attached to an aromatic ring is 1. The number of anilines is 1. The number of nitrogens with one attached hydrogen (secondary N) is 4. The zero-order chi connectivity index (χ0) is 17.4. The van der Waals surface area contributed by atoms with Crippen molar-refractivity contribution in [3.63, 3.8) is 0 Å². The molecule has 24 heavy (non-hydrogen) atoms. The van der Waals surface area contributed by atoms with Crippen LogP contribution in [0.3, 0.4) is 0 Å². The van der Waals surface area contributed by atoms with Gasteiger partial charge in [-0.25, -0.2) is 0 Å². The average molecular weight is 331 g/mol. The van der Waals surface area contributed by atoms with Gasteiger partial charge in [0.15, 0.2) is 0 Å². The molecule has 0 bridgehead atoms. The molecule has 2 rings (SSSR count). The summed E-state index contributed by atoms with van der Waals surface area (Å²) in [5.74, 6) is -0.432. The van der Waals surface area contributed by atoms with Gasteiger partial charge >= 0.3 is 0 Å². The van der Waals surface area contributed by atoms with Crippen molar-refractivity contribution in [2.45, 2.75) is 38.1 Å². The second-order valence-electron chi connectivity index (χ2n) is 6.03. The number of hydrogen-bond acceptors (Lipinski definition) is 4. The lowest BCUT2D eigenvalue weighted by molar-refractivity contribution is -0.125. The van der Waals surface area contributed by atoms with Gasteiger partial charge < -0.3 is 21.7 Å². The number of benzene rings is 1. The summed E-state index contributed by atoms with van der Waals surface area (Å²) in [5, 5.41) is 15.9. The lowest BCUT2D eigenvalue weighted by Gasteiger charge is -2.22. The Balaban J connectivity index is 1.68. The molecule has 0 aromatic heterocycles. The van der Waals surface area contributed by atoms with E-state index in [0.29, 0.717) is 11.3 Å². The van der Waals surface area contributed by atoms with Crippen LogP contribution in [0.2, 0.25) is 0 Å². The highest BCUT2D eigenvalue weighted by molar-refractivity contribution is 5.96. The molecule has 0 spiro atoms. The van der Waals surface area contributed by atoms with Crippen molar-refractivity contribution in [1.29, 1.82) is 5.41 Å². The van der Waals surface area contributed by atoms with Gasteiger partial charge in [-0.1, -0.05) is 31.4 Å². The minimum Gasteiger partial charge on any atom is -0.384 e. The molecule has 1 aliphatic carbocycles. The summed E-state index contributed by atoms with van der Waals surface area (Å²) >= 11 is 0. The Bertz CT molecular complexity index is 596. The average Bonchev–Trinajstić information content (AvgIpc) is 2.59. The predicted octanol–water partition coefficient (Wildman–Crippen LogP) is 0.948. The molecule has 7 heteroatoms. The maximum absolute atomic E-state index is 11.8. The molecule has 1 aromatic rings. The van der Waals surface area contributed by atoms with Crippen LogP contribution in [0.4, 0.5) is 5.69 Å². The number of carbonyl (C=O) groups is 2. The molecule has 0 aliphatic heterocycles. The Kier molecular flexibility index (Phi) is 6.60. The first-order valence-corrected chi connectivity index (χ1v) is 8.29. The summed E-state index contributed by atoms with van der Waals surface area (Å²) in [5.41, 5.74) is 6.72. The molecule has 0 saturated heterocycles. The smallest absolute Gasteiger partial charge is 0.239 e. The first-order valence-electron chi connectivity index (χ1n) is 8.29. The van der Waals surface area contributed by atoms with E-state index in [1.165, 1.54) is 6.42 Å². The topological polar surface area (TPSA) is 120 Å². The quantitative estimate of drug-likeness (QED) is 0.377. The van der Waals surface area contributed by atoms with Gasteiger partial charge in [0.1, 0.15) is 5.84 Å². The predicted molar refractivity (Wildman–Crippen MR) is 94.0 cm³/mol. The molecule has 2 amide bonds. The van der Waals surface area contributed by atoms with Crippen LogP contribution < -0.4 is 21.7 Å². The normalized spacial score (nSPS) is 14.7. The Labute approximate surface area is 141 Å². The highest BCUT2D eigenvalue weighted by Gasteiger charge is 2.15. The van der Waals surface area contributed by atoms with Crippen LogP contribution in [0, 0.1) is 5.41 Å². The van der Waals surface area contributed by atoms with Crippen LogP contribution in [-0.4, -0.2) is 36.8 Å². The van der Waals surface area contributed by atoms with E-state index in [2.05, 4.69) is 16.0 Å². The van der Waals surface area contributed by atoms with E-state index in [0.717, 1.165) is 25.7 Å². The van der Waals surface area contributed by atoms with Crippen LogP contribution in [0.1, 0.15) is 37.7 Å². The molecule has 6 N–H and O–H groups in total. The van der Waals surface area contributed by atoms with E-state index in [-0.39, 0.29) is 36.8 Å². The molecule has 0 radical (unpaired) electrons. The number of hydrogen-bond donors (Lipinski definition) is 5. The minimum absolute atomic E-state index is 0.00943. The third kappa shape index (κ3) is 5.91. The van der Waals surface area contributed by atoms with Crippen molar-refractivity contribution in [3.8, 4) is 0 Å². The monoisotopic (exact) mass is 331 g/mol. The highest BCUT2D eigenvalue weighted by Crippen LogP contribution is 2.17. The molecule has 1 saturated carbocycles. The lowest BCUT2D eigenvalue weighted by Crippen LogP contribution is -2.43. The Hall–Kier alpha value is -2.57. The van der Waals surface area contributed by atoms with Crippen molar-refractivity contribution < 1.29 is 9.59 Å². The van der Waals surface area contributed by atoms with Crippen molar-refractivity contribution >= 4 is 23.3 Å². The largest absolute Gasteiger partial charge is 0.384 e. The lowest BCUT2D eigenvalue weighted by atomic mass is 9.95. The summed E-state index contributed by atoms with van der Waals surface area (Å²) in [6.07, 6.45) is 5.59. The molecule has 1 fully saturated rings. The van der Waals surface area contributed by atoms with E-state index < -0.39 is 0 Å². The van der Waals surface area contributed by atoms with Gasteiger partial charge in [0.2, 0.25) is 11.8 Å². The molecule has 7 nitrogen and oxygen atoms in total. The SMILES string of the molecule is N=C(N)c1cccc(NCC(=O)NCC(=O)NC2CCCCC2)c1. The second kappa shape index (κ2) is 8.90. The molecule has 130 valence electrons. The van der Waals surface area contributed by atoms with E-state index in [9.17, 15) is 9.59 Å². The summed E-state index contributed by atoms with van der Waals surface area (Å²) < 4.78 is 0. The van der Waals surface area contributed by atoms with Crippen LogP contribution >= 0.6 is 0 Å².